The first-order valence-electron chi connectivity index (χ1n) is 11.3. The molecule has 0 aliphatic carbocycles. The first-order chi connectivity index (χ1) is 13.1. The molecule has 0 atom stereocenters. The Morgan fingerprint density at radius 1 is 0.964 bits per heavy atom. The Labute approximate surface area is 190 Å². The first-order valence-corrected chi connectivity index (χ1v) is 12.9. The van der Waals surface area contributed by atoms with Gasteiger partial charge in [-0.2, -0.15) is 0 Å². The van der Waals surface area contributed by atoms with Gasteiger partial charge in [0.25, 0.3) is 0 Å². The quantitative estimate of drug-likeness (QED) is 0.147. The van der Waals surface area contributed by atoms with Crippen molar-refractivity contribution >= 4 is 11.4 Å². The number of para-hydroxylation sites is 1. The summed E-state index contributed by atoms with van der Waals surface area (Å²) < 4.78 is 2.61. The molecule has 0 unspecified atom stereocenters. The normalized spacial score (nSPS) is 12.8. The Morgan fingerprint density at radius 2 is 1.46 bits per heavy atom. The molecule has 0 aliphatic heterocycles. The van der Waals surface area contributed by atoms with Crippen LogP contribution >= 0.6 is 0 Å². The van der Waals surface area contributed by atoms with E-state index < -0.39 is 0 Å². The van der Waals surface area contributed by atoms with Gasteiger partial charge in [-0.15, -0.1) is 0 Å². The van der Waals surface area contributed by atoms with Gasteiger partial charge in [-0.1, -0.05) is 0 Å². The van der Waals surface area contributed by atoms with Crippen molar-refractivity contribution in [1.29, 1.82) is 0 Å². The zero-order valence-corrected chi connectivity index (χ0v) is 23.3. The van der Waals surface area contributed by atoms with Gasteiger partial charge in [0.2, 0.25) is 0 Å². The molecule has 0 radical (unpaired) electrons. The van der Waals surface area contributed by atoms with Crippen molar-refractivity contribution in [3.8, 4) is 0 Å². The third-order valence-corrected chi connectivity index (χ3v) is 8.68. The molecule has 2 nitrogen and oxygen atoms in total. The molecule has 1 aromatic rings. The van der Waals surface area contributed by atoms with E-state index in [2.05, 4.69) is 76.5 Å². The molecule has 0 bridgehead atoms. The van der Waals surface area contributed by atoms with Crippen LogP contribution in [0.15, 0.2) is 23.2 Å². The van der Waals surface area contributed by atoms with Crippen molar-refractivity contribution in [3.05, 3.63) is 29.3 Å². The van der Waals surface area contributed by atoms with Crippen LogP contribution in [0.1, 0.15) is 117 Å². The van der Waals surface area contributed by atoms with Gasteiger partial charge in [0, 0.05) is 0 Å². The third kappa shape index (κ3) is 7.11. The summed E-state index contributed by atoms with van der Waals surface area (Å²) in [6.07, 6.45) is 7.96. The Hall–Kier alpha value is -0.440. The van der Waals surface area contributed by atoms with E-state index in [1.807, 2.05) is 0 Å². The zero-order valence-electron chi connectivity index (χ0n) is 19.7. The topological polar surface area (TPSA) is 15.6 Å². The van der Waals surface area contributed by atoms with Crippen LogP contribution in [-0.2, 0) is 24.7 Å². The van der Waals surface area contributed by atoms with Crippen LogP contribution in [-0.4, -0.2) is 17.8 Å². The monoisotopic (exact) mass is 551 g/mol. The Morgan fingerprint density at radius 3 is 1.96 bits per heavy atom. The van der Waals surface area contributed by atoms with Crippen LogP contribution in [0.25, 0.3) is 0 Å². The molecule has 0 N–H and O–H groups in total. The standard InChI is InChI=1S/C25H43N2.Hf/c1-9-10-11-12-13-14-18-26-21(6)25(7,8)27-24-22(19(2)3)16-15-17-23(24)20(4)5;/h15-17,19-20H,9-14,18H2,1-8H3;/q-1;+1. The van der Waals surface area contributed by atoms with Crippen molar-refractivity contribution in [2.45, 2.75) is 111 Å². The number of nitrogens with zero attached hydrogens (tertiary/aromatic N) is 2. The van der Waals surface area contributed by atoms with Crippen LogP contribution < -0.4 is 2.89 Å². The Bertz CT molecular complexity index is 591. The molecule has 157 valence electrons. The fourth-order valence-corrected chi connectivity index (χ4v) is 5.05. The summed E-state index contributed by atoms with van der Waals surface area (Å²) >= 11 is 0.985. The maximum atomic E-state index is 5.01. The molecule has 1 aromatic carbocycles. The van der Waals surface area contributed by atoms with Gasteiger partial charge in [0.05, 0.1) is 0 Å². The van der Waals surface area contributed by atoms with Crippen molar-refractivity contribution in [2.24, 2.45) is 4.99 Å². The maximum absolute atomic E-state index is 5.01. The zero-order chi connectivity index (χ0) is 21.3. The van der Waals surface area contributed by atoms with Crippen molar-refractivity contribution in [2.75, 3.05) is 9.43 Å². The summed E-state index contributed by atoms with van der Waals surface area (Å²) in [5, 5.41) is 0. The summed E-state index contributed by atoms with van der Waals surface area (Å²) in [5.74, 6) is 1.06. The molecular formula is C25H43HfN2. The number of unbranched alkanes of at least 4 members (excludes halogenated alkanes) is 5. The van der Waals surface area contributed by atoms with Crippen LogP contribution in [0.3, 0.4) is 0 Å². The molecule has 0 spiro atoms. The molecule has 1 rings (SSSR count). The van der Waals surface area contributed by atoms with E-state index in [1.54, 1.807) is 0 Å². The minimum absolute atomic E-state index is 0.0386. The molecule has 28 heavy (non-hydrogen) atoms. The summed E-state index contributed by atoms with van der Waals surface area (Å²) in [6, 6.07) is 6.86. The van der Waals surface area contributed by atoms with E-state index in [9.17, 15) is 0 Å². The molecular weight excluding hydrogens is 507 g/mol. The predicted octanol–water partition coefficient (Wildman–Crippen LogP) is 7.80. The Kier molecular flexibility index (Phi) is 11.2. The van der Waals surface area contributed by atoms with Gasteiger partial charge in [0.15, 0.2) is 0 Å². The molecule has 0 aliphatic rings. The molecule has 0 fully saturated rings. The second-order valence-electron chi connectivity index (χ2n) is 9.22. The second kappa shape index (κ2) is 12.3. The third-order valence-electron chi connectivity index (χ3n) is 5.87. The predicted molar refractivity (Wildman–Crippen MR) is 123 cm³/mol. The van der Waals surface area contributed by atoms with Crippen molar-refractivity contribution in [3.63, 3.8) is 0 Å². The number of hydrogen-bond donors (Lipinski definition) is 0. The van der Waals surface area contributed by atoms with Gasteiger partial charge in [-0.3, -0.25) is 0 Å². The van der Waals surface area contributed by atoms with Crippen LogP contribution in [0.4, 0.5) is 5.69 Å². The SMILES string of the molecule is CCCCCCCCN=C(C)C(C)(C)[N]([Hf])c1c(C(C)C)cccc1C(C)C. The van der Waals surface area contributed by atoms with E-state index in [-0.39, 0.29) is 5.54 Å². The van der Waals surface area contributed by atoms with E-state index in [1.165, 1.54) is 61.1 Å². The minimum atomic E-state index is -0.0386. The number of anilines is 1. The molecule has 0 aromatic heterocycles. The average Bonchev–Trinajstić information content (AvgIpc) is 2.65. The van der Waals surface area contributed by atoms with Gasteiger partial charge >= 0.3 is 191 Å². The van der Waals surface area contributed by atoms with Crippen LogP contribution in [0.2, 0.25) is 0 Å². The number of aliphatic imine (C=N–C) groups is 1. The van der Waals surface area contributed by atoms with Crippen LogP contribution in [0.5, 0.6) is 0 Å². The average molecular weight is 550 g/mol. The van der Waals surface area contributed by atoms with E-state index in [4.69, 9.17) is 4.99 Å². The van der Waals surface area contributed by atoms with Crippen LogP contribution in [0, 0.1) is 0 Å². The second-order valence-corrected chi connectivity index (χ2v) is 10.8. The molecule has 0 amide bonds. The number of benzene rings is 1. The number of rotatable bonds is 12. The molecule has 3 heteroatoms. The van der Waals surface area contributed by atoms with E-state index >= 15 is 0 Å². The van der Waals surface area contributed by atoms with Crippen molar-refractivity contribution < 1.29 is 24.7 Å². The van der Waals surface area contributed by atoms with Gasteiger partial charge in [-0.25, -0.2) is 0 Å². The summed E-state index contributed by atoms with van der Waals surface area (Å²) in [7, 11) is 0. The molecule has 0 saturated heterocycles. The summed E-state index contributed by atoms with van der Waals surface area (Å²) in [4.78, 5) is 5.01. The molecule has 0 heterocycles. The van der Waals surface area contributed by atoms with Gasteiger partial charge in [0.1, 0.15) is 0 Å². The summed E-state index contributed by atoms with van der Waals surface area (Å²) in [5.41, 5.74) is 5.63. The van der Waals surface area contributed by atoms with E-state index in [0.29, 0.717) is 11.8 Å². The number of hydrogen-bond acceptors (Lipinski definition) is 2. The molecule has 0 saturated carbocycles. The first kappa shape index (κ1) is 25.6. The van der Waals surface area contributed by atoms with Gasteiger partial charge in [-0.05, 0) is 0 Å². The van der Waals surface area contributed by atoms with Crippen molar-refractivity contribution in [1.82, 2.24) is 0 Å². The fourth-order valence-electron chi connectivity index (χ4n) is 3.54. The van der Waals surface area contributed by atoms with E-state index in [0.717, 1.165) is 31.2 Å². The fraction of sp³-hybridized carbons (Fsp3) is 0.720. The summed E-state index contributed by atoms with van der Waals surface area (Å²) in [6.45, 7) is 19.4. The van der Waals surface area contributed by atoms with Gasteiger partial charge < -0.3 is 0 Å². The Balaban J connectivity index is 2.97.